The lowest BCUT2D eigenvalue weighted by atomic mass is 9.83. The fraction of sp³-hybridized carbons (Fsp3) is 0.333. The van der Waals surface area contributed by atoms with Crippen molar-refractivity contribution in [1.29, 1.82) is 0 Å². The third-order valence-corrected chi connectivity index (χ3v) is 5.93. The SMILES string of the molecule is CS(=O)(=O)NC1(Cc2ccc(F)cc2)CCN(C(=O)NC(=O)c2ccccc2)CC1. The number of carbonyl (C=O) groups is 2. The number of rotatable bonds is 5. The lowest BCUT2D eigenvalue weighted by Crippen LogP contribution is -2.58. The Labute approximate surface area is 175 Å². The summed E-state index contributed by atoms with van der Waals surface area (Å²) in [6.45, 7) is 0.551. The minimum Gasteiger partial charge on any atom is -0.324 e. The summed E-state index contributed by atoms with van der Waals surface area (Å²) in [4.78, 5) is 26.2. The van der Waals surface area contributed by atoms with E-state index in [0.717, 1.165) is 11.8 Å². The van der Waals surface area contributed by atoms with Crippen molar-refractivity contribution in [2.24, 2.45) is 0 Å². The zero-order chi connectivity index (χ0) is 21.8. The standard InChI is InChI=1S/C21H24FN3O4S/c1-30(28,29)24-21(15-16-7-9-18(22)10-8-16)11-13-25(14-12-21)20(27)23-19(26)17-5-3-2-4-6-17/h2-10,24H,11-15H2,1H3,(H,23,26,27). The molecule has 1 aliphatic rings. The van der Waals surface area contributed by atoms with Gasteiger partial charge in [0.25, 0.3) is 5.91 Å². The molecule has 0 atom stereocenters. The van der Waals surface area contributed by atoms with Gasteiger partial charge in [-0.15, -0.1) is 0 Å². The minimum absolute atomic E-state index is 0.275. The van der Waals surface area contributed by atoms with Crippen LogP contribution in [0.15, 0.2) is 54.6 Å². The molecule has 1 saturated heterocycles. The van der Waals surface area contributed by atoms with Crippen LogP contribution in [0.25, 0.3) is 0 Å². The number of urea groups is 1. The summed E-state index contributed by atoms with van der Waals surface area (Å²) in [7, 11) is -3.50. The Balaban J connectivity index is 1.67. The smallest absolute Gasteiger partial charge is 0.324 e. The predicted molar refractivity (Wildman–Crippen MR) is 111 cm³/mol. The summed E-state index contributed by atoms with van der Waals surface area (Å²) in [5.74, 6) is -0.851. The van der Waals surface area contributed by atoms with Crippen LogP contribution < -0.4 is 10.0 Å². The Hall–Kier alpha value is -2.78. The van der Waals surface area contributed by atoms with E-state index in [0.29, 0.717) is 24.8 Å². The number of likely N-dealkylation sites (tertiary alicyclic amines) is 1. The van der Waals surface area contributed by atoms with Crippen LogP contribution >= 0.6 is 0 Å². The van der Waals surface area contributed by atoms with Crippen LogP contribution in [0.3, 0.4) is 0 Å². The van der Waals surface area contributed by atoms with Gasteiger partial charge < -0.3 is 4.90 Å². The molecule has 2 aromatic rings. The highest BCUT2D eigenvalue weighted by atomic mass is 32.2. The topological polar surface area (TPSA) is 95.6 Å². The monoisotopic (exact) mass is 433 g/mol. The number of benzene rings is 2. The first kappa shape index (κ1) is 21.9. The second-order valence-electron chi connectivity index (χ2n) is 7.57. The van der Waals surface area contributed by atoms with E-state index in [1.54, 1.807) is 42.5 Å². The molecular formula is C21H24FN3O4S. The molecule has 0 aromatic heterocycles. The highest BCUT2D eigenvalue weighted by molar-refractivity contribution is 7.88. The van der Waals surface area contributed by atoms with Gasteiger partial charge in [0.05, 0.1) is 6.26 Å². The summed E-state index contributed by atoms with van der Waals surface area (Å²) in [5, 5.41) is 2.37. The van der Waals surface area contributed by atoms with Gasteiger partial charge in [-0.05, 0) is 49.1 Å². The van der Waals surface area contributed by atoms with Gasteiger partial charge in [-0.3, -0.25) is 10.1 Å². The normalized spacial score (nSPS) is 16.1. The van der Waals surface area contributed by atoms with Gasteiger partial charge in [-0.25, -0.2) is 22.3 Å². The highest BCUT2D eigenvalue weighted by Gasteiger charge is 2.38. The van der Waals surface area contributed by atoms with Gasteiger partial charge in [0.1, 0.15) is 5.82 Å². The number of nitrogens with one attached hydrogen (secondary N) is 2. The molecule has 0 aliphatic carbocycles. The van der Waals surface area contributed by atoms with Crippen molar-refractivity contribution in [2.75, 3.05) is 19.3 Å². The van der Waals surface area contributed by atoms with Crippen LogP contribution in [0.2, 0.25) is 0 Å². The molecule has 3 amide bonds. The van der Waals surface area contributed by atoms with E-state index in [-0.39, 0.29) is 18.9 Å². The van der Waals surface area contributed by atoms with Gasteiger partial charge in [0.15, 0.2) is 0 Å². The summed E-state index contributed by atoms with van der Waals surface area (Å²) in [6, 6.07) is 13.8. The summed E-state index contributed by atoms with van der Waals surface area (Å²) in [6.07, 6.45) is 2.20. The third-order valence-electron chi connectivity index (χ3n) is 5.12. The van der Waals surface area contributed by atoms with Crippen molar-refractivity contribution >= 4 is 22.0 Å². The van der Waals surface area contributed by atoms with Crippen LogP contribution in [-0.4, -0.2) is 50.1 Å². The fourth-order valence-corrected chi connectivity index (χ4v) is 4.74. The first-order chi connectivity index (χ1) is 14.2. The summed E-state index contributed by atoms with van der Waals surface area (Å²) >= 11 is 0. The first-order valence-corrected chi connectivity index (χ1v) is 11.4. The Kier molecular flexibility index (Phi) is 6.52. The zero-order valence-electron chi connectivity index (χ0n) is 16.6. The second-order valence-corrected chi connectivity index (χ2v) is 9.32. The fourth-order valence-electron chi connectivity index (χ4n) is 3.68. The largest absolute Gasteiger partial charge is 0.324 e. The number of halogens is 1. The van der Waals surface area contributed by atoms with Gasteiger partial charge in [0, 0.05) is 24.2 Å². The van der Waals surface area contributed by atoms with Crippen molar-refractivity contribution in [3.63, 3.8) is 0 Å². The molecule has 2 N–H and O–H groups in total. The van der Waals surface area contributed by atoms with Crippen molar-refractivity contribution in [1.82, 2.24) is 14.9 Å². The molecule has 0 bridgehead atoms. The average molecular weight is 434 g/mol. The van der Waals surface area contributed by atoms with Crippen LogP contribution in [0.4, 0.5) is 9.18 Å². The number of nitrogens with zero attached hydrogens (tertiary/aromatic N) is 1. The van der Waals surface area contributed by atoms with Gasteiger partial charge in [0.2, 0.25) is 10.0 Å². The molecule has 9 heteroatoms. The van der Waals surface area contributed by atoms with E-state index >= 15 is 0 Å². The quantitative estimate of drug-likeness (QED) is 0.756. The molecule has 1 heterocycles. The molecule has 7 nitrogen and oxygen atoms in total. The number of imide groups is 1. The van der Waals surface area contributed by atoms with E-state index < -0.39 is 27.5 Å². The molecular weight excluding hydrogens is 409 g/mol. The van der Waals surface area contributed by atoms with Crippen LogP contribution in [0.5, 0.6) is 0 Å². The summed E-state index contributed by atoms with van der Waals surface area (Å²) < 4.78 is 39.8. The maximum atomic E-state index is 13.2. The van der Waals surface area contributed by atoms with Gasteiger partial charge >= 0.3 is 6.03 Å². The van der Waals surface area contributed by atoms with Crippen LogP contribution in [0.1, 0.15) is 28.8 Å². The van der Waals surface area contributed by atoms with E-state index in [9.17, 15) is 22.4 Å². The molecule has 0 unspecified atom stereocenters. The second kappa shape index (κ2) is 8.93. The molecule has 0 saturated carbocycles. The number of hydrogen-bond donors (Lipinski definition) is 2. The molecule has 30 heavy (non-hydrogen) atoms. The van der Waals surface area contributed by atoms with Crippen molar-refractivity contribution in [3.8, 4) is 0 Å². The molecule has 0 spiro atoms. The number of piperidine rings is 1. The number of sulfonamides is 1. The lowest BCUT2D eigenvalue weighted by molar-refractivity contribution is 0.0940. The molecule has 3 rings (SSSR count). The number of amides is 3. The molecule has 1 aliphatic heterocycles. The lowest BCUT2D eigenvalue weighted by Gasteiger charge is -2.42. The van der Waals surface area contributed by atoms with E-state index in [2.05, 4.69) is 10.0 Å². The van der Waals surface area contributed by atoms with Gasteiger partial charge in [-0.2, -0.15) is 0 Å². The van der Waals surface area contributed by atoms with Gasteiger partial charge in [-0.1, -0.05) is 30.3 Å². The van der Waals surface area contributed by atoms with Crippen molar-refractivity contribution in [2.45, 2.75) is 24.8 Å². The van der Waals surface area contributed by atoms with E-state index in [1.165, 1.54) is 17.0 Å². The van der Waals surface area contributed by atoms with E-state index in [1.807, 2.05) is 0 Å². The number of carbonyl (C=O) groups excluding carboxylic acids is 2. The molecule has 0 radical (unpaired) electrons. The molecule has 2 aromatic carbocycles. The number of hydrogen-bond acceptors (Lipinski definition) is 4. The summed E-state index contributed by atoms with van der Waals surface area (Å²) in [5.41, 5.74) is 0.392. The van der Waals surface area contributed by atoms with Crippen LogP contribution in [-0.2, 0) is 16.4 Å². The third kappa shape index (κ3) is 5.87. The Morgan fingerprint density at radius 2 is 1.63 bits per heavy atom. The van der Waals surface area contributed by atoms with E-state index in [4.69, 9.17) is 0 Å². The van der Waals surface area contributed by atoms with Crippen molar-refractivity contribution < 1.29 is 22.4 Å². The molecule has 1 fully saturated rings. The minimum atomic E-state index is -3.50. The molecule has 160 valence electrons. The Morgan fingerprint density at radius 1 is 1.03 bits per heavy atom. The Morgan fingerprint density at radius 3 is 2.20 bits per heavy atom. The predicted octanol–water partition coefficient (Wildman–Crippen LogP) is 2.30. The Bertz CT molecular complexity index is 1000. The zero-order valence-corrected chi connectivity index (χ0v) is 17.4. The van der Waals surface area contributed by atoms with Crippen LogP contribution in [0, 0.1) is 5.82 Å². The maximum absolute atomic E-state index is 13.2. The first-order valence-electron chi connectivity index (χ1n) is 9.55. The van der Waals surface area contributed by atoms with Crippen molar-refractivity contribution in [3.05, 3.63) is 71.5 Å². The average Bonchev–Trinajstić information content (AvgIpc) is 2.69. The maximum Gasteiger partial charge on any atom is 0.324 e. The highest BCUT2D eigenvalue weighted by Crippen LogP contribution is 2.28.